The zero-order valence-electron chi connectivity index (χ0n) is 13.0. The summed E-state index contributed by atoms with van der Waals surface area (Å²) in [5.74, 6) is -0.0889. The van der Waals surface area contributed by atoms with Gasteiger partial charge in [-0.3, -0.25) is 4.79 Å². The molecule has 0 aliphatic heterocycles. The lowest BCUT2D eigenvalue weighted by Gasteiger charge is -2.09. The van der Waals surface area contributed by atoms with E-state index in [4.69, 9.17) is 34.8 Å². The number of rotatable bonds is 4. The molecule has 0 aliphatic carbocycles. The number of halogens is 3. The monoisotopic (exact) mass is 386 g/mol. The highest BCUT2D eigenvalue weighted by atomic mass is 35.5. The van der Waals surface area contributed by atoms with Gasteiger partial charge in [0.25, 0.3) is 0 Å². The van der Waals surface area contributed by atoms with Crippen LogP contribution in [0.4, 0.5) is 0 Å². The summed E-state index contributed by atoms with van der Waals surface area (Å²) in [5, 5.41) is 1.86. The van der Waals surface area contributed by atoms with E-state index in [1.54, 1.807) is 48.5 Å². The van der Waals surface area contributed by atoms with Crippen LogP contribution in [0.3, 0.4) is 0 Å². The first-order chi connectivity index (χ1) is 12.0. The summed E-state index contributed by atoms with van der Waals surface area (Å²) in [7, 11) is 0. The molecule has 3 rings (SSSR count). The van der Waals surface area contributed by atoms with Gasteiger partial charge in [0, 0.05) is 26.2 Å². The summed E-state index contributed by atoms with van der Waals surface area (Å²) < 4.78 is 0. The molecule has 0 aromatic heterocycles. The van der Waals surface area contributed by atoms with Crippen molar-refractivity contribution in [3.8, 4) is 0 Å². The molecular formula is C21H13Cl3O. The van der Waals surface area contributed by atoms with Crippen LogP contribution < -0.4 is 0 Å². The summed E-state index contributed by atoms with van der Waals surface area (Å²) in [4.78, 5) is 13.0. The summed E-state index contributed by atoms with van der Waals surface area (Å²) in [6.45, 7) is 0. The third-order valence-electron chi connectivity index (χ3n) is 3.69. The van der Waals surface area contributed by atoms with Gasteiger partial charge in [-0.05, 0) is 65.7 Å². The van der Waals surface area contributed by atoms with Gasteiger partial charge in [-0.15, -0.1) is 0 Å². The van der Waals surface area contributed by atoms with E-state index in [1.807, 2.05) is 30.3 Å². The second kappa shape index (κ2) is 7.88. The SMILES string of the molecule is O=C(/C(=C/c1ccc(Cl)cc1)c1ccc(Cl)cc1)c1ccc(Cl)cc1. The molecule has 25 heavy (non-hydrogen) atoms. The van der Waals surface area contributed by atoms with Crippen molar-refractivity contribution in [2.75, 3.05) is 0 Å². The second-order valence-corrected chi connectivity index (χ2v) is 6.76. The fraction of sp³-hybridized carbons (Fsp3) is 0. The van der Waals surface area contributed by atoms with E-state index in [0.717, 1.165) is 11.1 Å². The van der Waals surface area contributed by atoms with Gasteiger partial charge in [-0.1, -0.05) is 59.1 Å². The summed E-state index contributed by atoms with van der Waals surface area (Å²) in [6.07, 6.45) is 1.84. The number of carbonyl (C=O) groups is 1. The van der Waals surface area contributed by atoms with Crippen molar-refractivity contribution in [2.24, 2.45) is 0 Å². The maximum atomic E-state index is 13.0. The molecule has 0 saturated carbocycles. The molecule has 124 valence electrons. The van der Waals surface area contributed by atoms with Crippen molar-refractivity contribution in [2.45, 2.75) is 0 Å². The highest BCUT2D eigenvalue weighted by molar-refractivity contribution is 6.34. The van der Waals surface area contributed by atoms with Crippen molar-refractivity contribution in [3.05, 3.63) is 105 Å². The molecule has 0 N–H and O–H groups in total. The fourth-order valence-electron chi connectivity index (χ4n) is 2.39. The molecule has 0 fully saturated rings. The molecular weight excluding hydrogens is 375 g/mol. The van der Waals surface area contributed by atoms with Crippen LogP contribution in [0.5, 0.6) is 0 Å². The van der Waals surface area contributed by atoms with Gasteiger partial charge in [-0.2, -0.15) is 0 Å². The van der Waals surface area contributed by atoms with Crippen LogP contribution >= 0.6 is 34.8 Å². The molecule has 0 bridgehead atoms. The average molecular weight is 388 g/mol. The molecule has 0 atom stereocenters. The van der Waals surface area contributed by atoms with Crippen LogP contribution in [-0.4, -0.2) is 5.78 Å². The Kier molecular flexibility index (Phi) is 5.60. The Balaban J connectivity index is 2.07. The minimum Gasteiger partial charge on any atom is -0.289 e. The fourth-order valence-corrected chi connectivity index (χ4v) is 2.77. The summed E-state index contributed by atoms with van der Waals surface area (Å²) >= 11 is 17.8. The minimum atomic E-state index is -0.0889. The Morgan fingerprint density at radius 1 is 0.600 bits per heavy atom. The van der Waals surface area contributed by atoms with Gasteiger partial charge >= 0.3 is 0 Å². The van der Waals surface area contributed by atoms with E-state index < -0.39 is 0 Å². The van der Waals surface area contributed by atoms with Crippen LogP contribution in [0.1, 0.15) is 21.5 Å². The molecule has 3 aromatic carbocycles. The Morgan fingerprint density at radius 2 is 1.00 bits per heavy atom. The highest BCUT2D eigenvalue weighted by Crippen LogP contribution is 2.25. The van der Waals surface area contributed by atoms with Crippen molar-refractivity contribution in [3.63, 3.8) is 0 Å². The van der Waals surface area contributed by atoms with Gasteiger partial charge in [0.2, 0.25) is 0 Å². The van der Waals surface area contributed by atoms with Gasteiger partial charge in [-0.25, -0.2) is 0 Å². The van der Waals surface area contributed by atoms with Gasteiger partial charge in [0.1, 0.15) is 0 Å². The number of benzene rings is 3. The number of hydrogen-bond donors (Lipinski definition) is 0. The lowest BCUT2D eigenvalue weighted by Crippen LogP contribution is -2.02. The Hall–Kier alpha value is -2.06. The number of hydrogen-bond acceptors (Lipinski definition) is 1. The van der Waals surface area contributed by atoms with Crippen LogP contribution in [0.25, 0.3) is 11.6 Å². The summed E-state index contributed by atoms with van der Waals surface area (Å²) in [5.41, 5.74) is 2.82. The third kappa shape index (κ3) is 4.52. The highest BCUT2D eigenvalue weighted by Gasteiger charge is 2.15. The van der Waals surface area contributed by atoms with Crippen LogP contribution in [0, 0.1) is 0 Å². The normalized spacial score (nSPS) is 11.4. The standard InChI is InChI=1S/C21H13Cl3O/c22-17-7-1-14(2-8-17)13-20(15-3-9-18(23)10-4-15)21(25)16-5-11-19(24)12-6-16/h1-13H/b20-13+. The molecule has 0 unspecified atom stereocenters. The van der Waals surface area contributed by atoms with E-state index in [-0.39, 0.29) is 5.78 Å². The molecule has 0 spiro atoms. The first-order valence-corrected chi connectivity index (χ1v) is 8.70. The van der Waals surface area contributed by atoms with Crippen LogP contribution in [-0.2, 0) is 0 Å². The average Bonchev–Trinajstić information content (AvgIpc) is 2.62. The van der Waals surface area contributed by atoms with E-state index in [9.17, 15) is 4.79 Å². The molecule has 0 radical (unpaired) electrons. The maximum Gasteiger partial charge on any atom is 0.193 e. The van der Waals surface area contributed by atoms with Crippen LogP contribution in [0.2, 0.25) is 15.1 Å². The minimum absolute atomic E-state index is 0.0889. The lowest BCUT2D eigenvalue weighted by atomic mass is 9.95. The maximum absolute atomic E-state index is 13.0. The Bertz CT molecular complexity index is 909. The number of ketones is 1. The Labute approximate surface area is 161 Å². The first kappa shape index (κ1) is 17.8. The smallest absolute Gasteiger partial charge is 0.193 e. The molecule has 3 aromatic rings. The third-order valence-corrected chi connectivity index (χ3v) is 4.44. The zero-order valence-corrected chi connectivity index (χ0v) is 15.3. The molecule has 0 saturated heterocycles. The predicted octanol–water partition coefficient (Wildman–Crippen LogP) is 7.07. The number of allylic oxidation sites excluding steroid dienone is 1. The largest absolute Gasteiger partial charge is 0.289 e. The van der Waals surface area contributed by atoms with Crippen molar-refractivity contribution in [1.82, 2.24) is 0 Å². The zero-order chi connectivity index (χ0) is 17.8. The number of carbonyl (C=O) groups excluding carboxylic acids is 1. The van der Waals surface area contributed by atoms with E-state index in [0.29, 0.717) is 26.2 Å². The predicted molar refractivity (Wildman–Crippen MR) is 107 cm³/mol. The lowest BCUT2D eigenvalue weighted by molar-refractivity contribution is 0.105. The van der Waals surface area contributed by atoms with E-state index in [2.05, 4.69) is 0 Å². The van der Waals surface area contributed by atoms with Gasteiger partial charge < -0.3 is 0 Å². The molecule has 1 nitrogen and oxygen atoms in total. The molecule has 0 amide bonds. The topological polar surface area (TPSA) is 17.1 Å². The Morgan fingerprint density at radius 3 is 1.48 bits per heavy atom. The van der Waals surface area contributed by atoms with Crippen molar-refractivity contribution >= 4 is 52.2 Å². The summed E-state index contributed by atoms with van der Waals surface area (Å²) in [6, 6.07) is 21.4. The second-order valence-electron chi connectivity index (χ2n) is 5.45. The van der Waals surface area contributed by atoms with E-state index in [1.165, 1.54) is 0 Å². The van der Waals surface area contributed by atoms with Gasteiger partial charge in [0.15, 0.2) is 5.78 Å². The molecule has 4 heteroatoms. The van der Waals surface area contributed by atoms with Crippen molar-refractivity contribution < 1.29 is 4.79 Å². The first-order valence-electron chi connectivity index (χ1n) is 7.56. The molecule has 0 heterocycles. The quantitative estimate of drug-likeness (QED) is 0.266. The van der Waals surface area contributed by atoms with Crippen molar-refractivity contribution in [1.29, 1.82) is 0 Å². The van der Waals surface area contributed by atoms with E-state index >= 15 is 0 Å². The van der Waals surface area contributed by atoms with Crippen LogP contribution in [0.15, 0.2) is 72.8 Å². The molecule has 0 aliphatic rings. The number of Topliss-reactive ketones (excluding diaryl/α,β-unsaturated/α-hetero) is 1. The van der Waals surface area contributed by atoms with Gasteiger partial charge in [0.05, 0.1) is 0 Å².